The van der Waals surface area contributed by atoms with Crippen LogP contribution in [0.4, 0.5) is 21.2 Å². The Labute approximate surface area is 309 Å². The molecule has 0 radical (unpaired) electrons. The second-order valence-corrected chi connectivity index (χ2v) is 18.7. The highest BCUT2D eigenvalue weighted by Crippen LogP contribution is 2.60. The third-order valence-corrected chi connectivity index (χ3v) is 13.7. The maximum atomic E-state index is 16.4. The van der Waals surface area contributed by atoms with Crippen LogP contribution in [0.15, 0.2) is 115 Å². The quantitative estimate of drug-likeness (QED) is 0.117. The molecule has 1 fully saturated rings. The van der Waals surface area contributed by atoms with Gasteiger partial charge in [0.1, 0.15) is 0 Å². The monoisotopic (exact) mass is 727 g/mol. The average molecular weight is 728 g/mol. The summed E-state index contributed by atoms with van der Waals surface area (Å²) >= 11 is 0. The molecular weight excluding hydrogens is 686 g/mol. The summed E-state index contributed by atoms with van der Waals surface area (Å²) in [5, 5.41) is 11.8. The highest BCUT2D eigenvalue weighted by atomic mass is 28.4. The van der Waals surface area contributed by atoms with Crippen molar-refractivity contribution in [3.8, 4) is 0 Å². The number of ether oxygens (including phenoxy) is 1. The largest absolute Gasteiger partial charge is 0.395 e. The summed E-state index contributed by atoms with van der Waals surface area (Å²) < 4.78 is 23.2. The summed E-state index contributed by atoms with van der Waals surface area (Å²) in [4.78, 5) is 47.3. The number of benzene rings is 5. The number of halogens is 1. The van der Waals surface area contributed by atoms with Crippen molar-refractivity contribution in [2.75, 3.05) is 23.0 Å². The van der Waals surface area contributed by atoms with Crippen molar-refractivity contribution >= 4 is 54.0 Å². The molecule has 0 bridgehead atoms. The van der Waals surface area contributed by atoms with Crippen molar-refractivity contribution in [1.29, 1.82) is 0 Å². The summed E-state index contributed by atoms with van der Waals surface area (Å²) in [7, 11) is -3.50. The molecule has 53 heavy (non-hydrogen) atoms. The van der Waals surface area contributed by atoms with Gasteiger partial charge in [-0.2, -0.15) is 0 Å². The lowest BCUT2D eigenvalue weighted by atomic mass is 9.82. The van der Waals surface area contributed by atoms with Crippen LogP contribution in [-0.4, -0.2) is 55.4 Å². The number of rotatable bonds is 10. The number of carbonyl (C=O) groups excluding carboxylic acids is 3. The van der Waals surface area contributed by atoms with Gasteiger partial charge in [-0.1, -0.05) is 91.9 Å². The standard InChI is InChI=1S/C43H42FN3O5Si/c1-28-40(53(2,3)44)37(25-38(49)45(23-24-48)26-29-11-5-4-6-12-29)52-43(28)34-16-7-8-17-35(34)46(42(43)51)27-30-19-21-32(22-20-30)47-36-18-10-14-31-13-9-15-33(39(31)36)41(47)50/h4-22,28,37,40,48H,23-27H2,1-3H3/t28-,37+,40-,43+/m0/s1. The molecule has 0 saturated carbocycles. The van der Waals surface area contributed by atoms with E-state index < -0.39 is 31.6 Å². The summed E-state index contributed by atoms with van der Waals surface area (Å²) in [6.07, 6.45) is -0.933. The van der Waals surface area contributed by atoms with E-state index in [0.29, 0.717) is 23.4 Å². The number of nitrogens with zero attached hydrogens (tertiary/aromatic N) is 3. The number of hydrogen-bond donors (Lipinski definition) is 1. The molecule has 3 amide bonds. The van der Waals surface area contributed by atoms with Gasteiger partial charge in [-0.15, -0.1) is 0 Å². The lowest BCUT2D eigenvalue weighted by molar-refractivity contribution is -0.150. The SMILES string of the molecule is C[C@H]1[C@H]([Si](C)(C)F)[C@@H](CC(=O)N(CCO)Cc2ccccc2)O[C@]12C(=O)N(Cc1ccc(N3C(=O)c4cccc5cccc3c45)cc1)c1ccccc12. The zero-order chi connectivity index (χ0) is 37.1. The van der Waals surface area contributed by atoms with Crippen LogP contribution in [0.3, 0.4) is 0 Å². The minimum Gasteiger partial charge on any atom is -0.395 e. The summed E-state index contributed by atoms with van der Waals surface area (Å²) in [6, 6.07) is 36.4. The van der Waals surface area contributed by atoms with Crippen molar-refractivity contribution in [2.24, 2.45) is 5.92 Å². The summed E-state index contributed by atoms with van der Waals surface area (Å²) in [5.41, 5.74) is 3.29. The van der Waals surface area contributed by atoms with E-state index in [1.54, 1.807) is 27.8 Å². The fourth-order valence-electron chi connectivity index (χ4n) is 8.98. The Bertz CT molecular complexity index is 2220. The number of para-hydroxylation sites is 1. The topological polar surface area (TPSA) is 90.4 Å². The van der Waals surface area contributed by atoms with Crippen LogP contribution < -0.4 is 9.80 Å². The third-order valence-electron chi connectivity index (χ3n) is 11.3. The van der Waals surface area contributed by atoms with E-state index in [-0.39, 0.29) is 43.8 Å². The number of hydrogen-bond acceptors (Lipinski definition) is 5. The Morgan fingerprint density at radius 3 is 2.26 bits per heavy atom. The lowest BCUT2D eigenvalue weighted by Crippen LogP contribution is -2.45. The van der Waals surface area contributed by atoms with E-state index in [4.69, 9.17) is 4.74 Å². The molecule has 10 heteroatoms. The van der Waals surface area contributed by atoms with Gasteiger partial charge in [-0.05, 0) is 59.9 Å². The first-order valence-electron chi connectivity index (χ1n) is 18.2. The van der Waals surface area contributed by atoms with Crippen LogP contribution in [-0.2, 0) is 33.0 Å². The second kappa shape index (κ2) is 13.4. The van der Waals surface area contributed by atoms with Gasteiger partial charge in [-0.3, -0.25) is 19.3 Å². The van der Waals surface area contributed by atoms with Crippen molar-refractivity contribution in [1.82, 2.24) is 4.90 Å². The third kappa shape index (κ3) is 5.76. The van der Waals surface area contributed by atoms with E-state index >= 15 is 4.11 Å². The van der Waals surface area contributed by atoms with Gasteiger partial charge in [0.05, 0.1) is 42.6 Å². The summed E-state index contributed by atoms with van der Waals surface area (Å²) in [5.74, 6) is -1.16. The van der Waals surface area contributed by atoms with Crippen molar-refractivity contribution in [3.63, 3.8) is 0 Å². The number of amides is 3. The first-order valence-corrected chi connectivity index (χ1v) is 21.1. The maximum Gasteiger partial charge on any atom is 0.264 e. The molecule has 270 valence electrons. The molecule has 4 atom stereocenters. The molecule has 1 N–H and O–H groups in total. The van der Waals surface area contributed by atoms with Gasteiger partial charge in [0.25, 0.3) is 11.8 Å². The van der Waals surface area contributed by atoms with Crippen LogP contribution in [0.5, 0.6) is 0 Å². The molecule has 5 aromatic carbocycles. The fourth-order valence-corrected chi connectivity index (χ4v) is 11.5. The van der Waals surface area contributed by atoms with E-state index in [9.17, 15) is 19.5 Å². The van der Waals surface area contributed by atoms with Crippen molar-refractivity contribution in [2.45, 2.75) is 56.8 Å². The van der Waals surface area contributed by atoms with E-state index in [0.717, 1.165) is 33.3 Å². The van der Waals surface area contributed by atoms with Gasteiger partial charge < -0.3 is 23.8 Å². The van der Waals surface area contributed by atoms with Gasteiger partial charge in [-0.25, -0.2) is 0 Å². The normalized spacial score (nSPS) is 21.9. The molecule has 3 heterocycles. The predicted molar refractivity (Wildman–Crippen MR) is 206 cm³/mol. The molecule has 3 aliphatic heterocycles. The highest BCUT2D eigenvalue weighted by Gasteiger charge is 2.67. The first kappa shape index (κ1) is 34.9. The molecule has 1 spiro atoms. The maximum absolute atomic E-state index is 16.4. The molecule has 1 saturated heterocycles. The number of anilines is 3. The summed E-state index contributed by atoms with van der Waals surface area (Å²) in [6.45, 7) is 5.59. The Balaban J connectivity index is 1.07. The number of aliphatic hydroxyl groups excluding tert-OH is 1. The Hall–Kier alpha value is -5.16. The second-order valence-electron chi connectivity index (χ2n) is 14.9. The minimum absolute atomic E-state index is 0.0796. The minimum atomic E-state index is -3.50. The predicted octanol–water partition coefficient (Wildman–Crippen LogP) is 7.86. The number of fused-ring (bicyclic) bond motifs is 2. The van der Waals surface area contributed by atoms with Gasteiger partial charge in [0, 0.05) is 41.2 Å². The Kier molecular flexibility index (Phi) is 8.79. The smallest absolute Gasteiger partial charge is 0.264 e. The Morgan fingerprint density at radius 1 is 0.868 bits per heavy atom. The number of aliphatic hydroxyl groups is 1. The van der Waals surface area contributed by atoms with Gasteiger partial charge in [0.15, 0.2) is 5.60 Å². The fraction of sp³-hybridized carbons (Fsp3) is 0.279. The molecule has 0 aromatic heterocycles. The van der Waals surface area contributed by atoms with Crippen LogP contribution >= 0.6 is 0 Å². The highest BCUT2D eigenvalue weighted by molar-refractivity contribution is 6.72. The molecule has 5 aromatic rings. The lowest BCUT2D eigenvalue weighted by Gasteiger charge is -2.31. The van der Waals surface area contributed by atoms with Gasteiger partial charge in [0.2, 0.25) is 14.3 Å². The van der Waals surface area contributed by atoms with E-state index in [1.807, 2.05) is 122 Å². The first-order chi connectivity index (χ1) is 25.5. The van der Waals surface area contributed by atoms with Crippen LogP contribution in [0.2, 0.25) is 18.6 Å². The van der Waals surface area contributed by atoms with E-state index in [1.165, 1.54) is 0 Å². The van der Waals surface area contributed by atoms with Crippen molar-refractivity contribution in [3.05, 3.63) is 138 Å². The zero-order valence-electron chi connectivity index (χ0n) is 30.0. The van der Waals surface area contributed by atoms with Crippen LogP contribution in [0.25, 0.3) is 10.8 Å². The Morgan fingerprint density at radius 2 is 1.55 bits per heavy atom. The van der Waals surface area contributed by atoms with Crippen molar-refractivity contribution < 1.29 is 28.3 Å². The van der Waals surface area contributed by atoms with Crippen LogP contribution in [0, 0.1) is 5.92 Å². The van der Waals surface area contributed by atoms with E-state index in [2.05, 4.69) is 0 Å². The van der Waals surface area contributed by atoms with Crippen LogP contribution in [0.1, 0.15) is 40.4 Å². The van der Waals surface area contributed by atoms with Gasteiger partial charge >= 0.3 is 0 Å². The molecule has 0 unspecified atom stereocenters. The molecule has 8 rings (SSSR count). The zero-order valence-corrected chi connectivity index (χ0v) is 31.0. The average Bonchev–Trinajstić information content (AvgIpc) is 3.70. The molecule has 3 aliphatic rings. The molecule has 0 aliphatic carbocycles. The molecular formula is C43H42FN3O5Si. The number of carbonyl (C=O) groups is 3. The molecule has 8 nitrogen and oxygen atoms in total.